The van der Waals surface area contributed by atoms with Crippen LogP contribution in [0.4, 0.5) is 0 Å². The summed E-state index contributed by atoms with van der Waals surface area (Å²) in [5.41, 5.74) is 5.09. The van der Waals surface area contributed by atoms with Crippen molar-refractivity contribution in [2.45, 2.75) is 33.1 Å². The molecule has 0 bridgehead atoms. The van der Waals surface area contributed by atoms with E-state index in [9.17, 15) is 4.79 Å². The van der Waals surface area contributed by atoms with E-state index in [1.807, 2.05) is 43.3 Å². The fraction of sp³-hybridized carbons (Fsp3) is 0.300. The molecule has 24 heavy (non-hydrogen) atoms. The van der Waals surface area contributed by atoms with E-state index in [-0.39, 0.29) is 5.91 Å². The monoisotopic (exact) mass is 324 g/mol. The Morgan fingerprint density at radius 2 is 1.88 bits per heavy atom. The number of nitrogens with one attached hydrogen (secondary N) is 1. The second kappa shape index (κ2) is 9.50. The molecule has 2 aromatic rings. The zero-order valence-electron chi connectivity index (χ0n) is 14.3. The first-order chi connectivity index (χ1) is 11.7. The van der Waals surface area contributed by atoms with E-state index in [2.05, 4.69) is 17.5 Å². The summed E-state index contributed by atoms with van der Waals surface area (Å²) in [6.45, 7) is 4.84. The fourth-order valence-electron chi connectivity index (χ4n) is 2.18. The number of aryl methyl sites for hydroxylation is 1. The molecule has 0 fully saturated rings. The van der Waals surface area contributed by atoms with E-state index in [0.29, 0.717) is 12.2 Å². The summed E-state index contributed by atoms with van der Waals surface area (Å²) >= 11 is 0. The van der Waals surface area contributed by atoms with Crippen molar-refractivity contribution in [1.82, 2.24) is 5.43 Å². The van der Waals surface area contributed by atoms with Crippen molar-refractivity contribution in [3.8, 4) is 5.75 Å². The maximum atomic E-state index is 12.0. The summed E-state index contributed by atoms with van der Waals surface area (Å²) in [5, 5.41) is 4.04. The highest BCUT2D eigenvalue weighted by atomic mass is 16.5. The molecular formula is C20H24N2O2. The van der Waals surface area contributed by atoms with Gasteiger partial charge in [-0.25, -0.2) is 5.43 Å². The molecule has 0 saturated heterocycles. The van der Waals surface area contributed by atoms with Crippen LogP contribution >= 0.6 is 0 Å². The lowest BCUT2D eigenvalue weighted by Crippen LogP contribution is -2.17. The maximum Gasteiger partial charge on any atom is 0.271 e. The lowest BCUT2D eigenvalue weighted by molar-refractivity contribution is 0.0955. The van der Waals surface area contributed by atoms with Crippen molar-refractivity contribution in [1.29, 1.82) is 0 Å². The third kappa shape index (κ3) is 5.54. The summed E-state index contributed by atoms with van der Waals surface area (Å²) < 4.78 is 5.79. The quantitative estimate of drug-likeness (QED) is 0.446. The summed E-state index contributed by atoms with van der Waals surface area (Å²) in [4.78, 5) is 12.0. The molecule has 0 unspecified atom stereocenters. The van der Waals surface area contributed by atoms with E-state index in [0.717, 1.165) is 36.1 Å². The minimum absolute atomic E-state index is 0.229. The van der Waals surface area contributed by atoms with Crippen LogP contribution < -0.4 is 10.2 Å². The zero-order valence-corrected chi connectivity index (χ0v) is 14.3. The fourth-order valence-corrected chi connectivity index (χ4v) is 2.18. The average molecular weight is 324 g/mol. The molecule has 4 nitrogen and oxygen atoms in total. The minimum Gasteiger partial charge on any atom is -0.493 e. The molecule has 2 rings (SSSR count). The van der Waals surface area contributed by atoms with Crippen LogP contribution in [-0.2, 0) is 0 Å². The number of hydrazone groups is 1. The molecule has 0 aromatic heterocycles. The molecule has 0 atom stereocenters. The van der Waals surface area contributed by atoms with Crippen LogP contribution in [0.2, 0.25) is 0 Å². The number of carbonyl (C=O) groups excluding carboxylic acids is 1. The SMILES string of the molecule is CCCCCOc1ccccc1C=NNC(=O)c1ccc(C)cc1. The van der Waals surface area contributed by atoms with Gasteiger partial charge in [0.1, 0.15) is 5.75 Å². The average Bonchev–Trinajstić information content (AvgIpc) is 2.60. The van der Waals surface area contributed by atoms with E-state index in [4.69, 9.17) is 4.74 Å². The Balaban J connectivity index is 1.93. The van der Waals surface area contributed by atoms with Crippen molar-refractivity contribution in [3.05, 3.63) is 65.2 Å². The predicted octanol–water partition coefficient (Wildman–Crippen LogP) is 4.33. The Kier molecular flexibility index (Phi) is 7.02. The molecule has 0 spiro atoms. The maximum absolute atomic E-state index is 12.0. The number of hydrogen-bond acceptors (Lipinski definition) is 3. The molecule has 0 aliphatic carbocycles. The Bertz CT molecular complexity index is 678. The van der Waals surface area contributed by atoms with E-state index >= 15 is 0 Å². The summed E-state index contributed by atoms with van der Waals surface area (Å²) in [5.74, 6) is 0.550. The van der Waals surface area contributed by atoms with E-state index in [1.165, 1.54) is 0 Å². The number of carbonyl (C=O) groups is 1. The zero-order chi connectivity index (χ0) is 17.2. The van der Waals surface area contributed by atoms with Gasteiger partial charge < -0.3 is 4.74 Å². The van der Waals surface area contributed by atoms with Crippen LogP contribution in [-0.4, -0.2) is 18.7 Å². The minimum atomic E-state index is -0.229. The number of nitrogens with zero attached hydrogens (tertiary/aromatic N) is 1. The molecule has 0 saturated carbocycles. The largest absolute Gasteiger partial charge is 0.493 e. The summed E-state index contributed by atoms with van der Waals surface area (Å²) in [6.07, 6.45) is 4.97. The van der Waals surface area contributed by atoms with Gasteiger partial charge in [0.2, 0.25) is 0 Å². The molecule has 0 radical (unpaired) electrons. The number of amides is 1. The molecule has 0 aliphatic rings. The van der Waals surface area contributed by atoms with Crippen molar-refractivity contribution in [2.24, 2.45) is 5.10 Å². The van der Waals surface area contributed by atoms with E-state index < -0.39 is 0 Å². The van der Waals surface area contributed by atoms with E-state index in [1.54, 1.807) is 18.3 Å². The van der Waals surface area contributed by atoms with Crippen molar-refractivity contribution in [2.75, 3.05) is 6.61 Å². The lowest BCUT2D eigenvalue weighted by Gasteiger charge is -2.08. The first kappa shape index (κ1) is 17.7. The van der Waals surface area contributed by atoms with Gasteiger partial charge in [-0.15, -0.1) is 0 Å². The highest BCUT2D eigenvalue weighted by Crippen LogP contribution is 2.16. The second-order valence-corrected chi connectivity index (χ2v) is 5.66. The van der Waals surface area contributed by atoms with Gasteiger partial charge in [-0.1, -0.05) is 49.6 Å². The van der Waals surface area contributed by atoms with Crippen LogP contribution in [0.5, 0.6) is 5.75 Å². The van der Waals surface area contributed by atoms with Crippen LogP contribution in [0.15, 0.2) is 53.6 Å². The summed E-state index contributed by atoms with van der Waals surface area (Å²) in [6, 6.07) is 15.0. The van der Waals surface area contributed by atoms with Crippen molar-refractivity contribution >= 4 is 12.1 Å². The van der Waals surface area contributed by atoms with Crippen LogP contribution in [0, 0.1) is 6.92 Å². The summed E-state index contributed by atoms with van der Waals surface area (Å²) in [7, 11) is 0. The number of hydrogen-bond donors (Lipinski definition) is 1. The van der Waals surface area contributed by atoms with Gasteiger partial charge in [0, 0.05) is 11.1 Å². The van der Waals surface area contributed by atoms with Gasteiger partial charge in [-0.3, -0.25) is 4.79 Å². The number of benzene rings is 2. The first-order valence-electron chi connectivity index (χ1n) is 8.32. The number of ether oxygens (including phenoxy) is 1. The van der Waals surface area contributed by atoms with Gasteiger partial charge in [0.05, 0.1) is 12.8 Å². The van der Waals surface area contributed by atoms with Gasteiger partial charge in [-0.05, 0) is 37.6 Å². The van der Waals surface area contributed by atoms with Crippen LogP contribution in [0.3, 0.4) is 0 Å². The number of rotatable bonds is 8. The van der Waals surface area contributed by atoms with Gasteiger partial charge >= 0.3 is 0 Å². The Morgan fingerprint density at radius 1 is 1.12 bits per heavy atom. The third-order valence-electron chi connectivity index (χ3n) is 3.61. The molecule has 2 aromatic carbocycles. The normalized spacial score (nSPS) is 10.8. The smallest absolute Gasteiger partial charge is 0.271 e. The Morgan fingerprint density at radius 3 is 2.62 bits per heavy atom. The van der Waals surface area contributed by atoms with Crippen LogP contribution in [0.1, 0.15) is 47.7 Å². The molecule has 0 heterocycles. The predicted molar refractivity (Wildman–Crippen MR) is 97.7 cm³/mol. The first-order valence-corrected chi connectivity index (χ1v) is 8.32. The van der Waals surface area contributed by atoms with Gasteiger partial charge in [0.15, 0.2) is 0 Å². The molecule has 126 valence electrons. The van der Waals surface area contributed by atoms with Crippen LogP contribution in [0.25, 0.3) is 0 Å². The second-order valence-electron chi connectivity index (χ2n) is 5.66. The highest BCUT2D eigenvalue weighted by molar-refractivity contribution is 5.95. The lowest BCUT2D eigenvalue weighted by atomic mass is 10.1. The number of para-hydroxylation sites is 1. The molecule has 0 aliphatic heterocycles. The molecule has 1 N–H and O–H groups in total. The highest BCUT2D eigenvalue weighted by Gasteiger charge is 2.04. The Hall–Kier alpha value is -2.62. The van der Waals surface area contributed by atoms with Gasteiger partial charge in [0.25, 0.3) is 5.91 Å². The number of unbranched alkanes of at least 4 members (excludes halogenated alkanes) is 2. The Labute approximate surface area is 143 Å². The topological polar surface area (TPSA) is 50.7 Å². The third-order valence-corrected chi connectivity index (χ3v) is 3.61. The van der Waals surface area contributed by atoms with Gasteiger partial charge in [-0.2, -0.15) is 5.10 Å². The standard InChI is InChI=1S/C20H24N2O2/c1-3-4-7-14-24-19-9-6-5-8-18(19)15-21-22-20(23)17-12-10-16(2)11-13-17/h5-6,8-13,15H,3-4,7,14H2,1-2H3,(H,22,23). The molecule has 1 amide bonds. The van der Waals surface area contributed by atoms with Crippen molar-refractivity contribution < 1.29 is 9.53 Å². The molecular weight excluding hydrogens is 300 g/mol. The molecule has 4 heteroatoms. The van der Waals surface area contributed by atoms with Crippen molar-refractivity contribution in [3.63, 3.8) is 0 Å².